The molecule has 0 saturated heterocycles. The molecule has 0 radical (unpaired) electrons. The maximum atomic E-state index is 5.57. The minimum absolute atomic E-state index is 0.192. The van der Waals surface area contributed by atoms with E-state index in [-0.39, 0.29) is 5.41 Å². The van der Waals surface area contributed by atoms with Crippen LogP contribution in [0.5, 0.6) is 5.75 Å². The summed E-state index contributed by atoms with van der Waals surface area (Å²) in [7, 11) is 0. The van der Waals surface area contributed by atoms with Gasteiger partial charge >= 0.3 is 0 Å². The first-order valence-electron chi connectivity index (χ1n) is 5.19. The standard InChI is InChI=1S/C13H20O/c1-6-14-12-9-7-8-11(10(12)2)13(3,4)5/h7-9H,6H2,1-5H3. The van der Waals surface area contributed by atoms with Crippen molar-refractivity contribution in [2.45, 2.75) is 40.0 Å². The smallest absolute Gasteiger partial charge is 0.122 e. The van der Waals surface area contributed by atoms with E-state index in [9.17, 15) is 0 Å². The zero-order chi connectivity index (χ0) is 10.8. The van der Waals surface area contributed by atoms with Gasteiger partial charge in [0.25, 0.3) is 0 Å². The quantitative estimate of drug-likeness (QED) is 0.694. The van der Waals surface area contributed by atoms with Crippen molar-refractivity contribution >= 4 is 0 Å². The Morgan fingerprint density at radius 1 is 1.21 bits per heavy atom. The van der Waals surface area contributed by atoms with Crippen LogP contribution in [0, 0.1) is 6.92 Å². The highest BCUT2D eigenvalue weighted by molar-refractivity contribution is 5.42. The van der Waals surface area contributed by atoms with E-state index < -0.39 is 0 Å². The Labute approximate surface area is 87.1 Å². The van der Waals surface area contributed by atoms with E-state index in [1.54, 1.807) is 0 Å². The SMILES string of the molecule is CCOc1cccc(C(C)(C)C)c1C. The lowest BCUT2D eigenvalue weighted by atomic mass is 9.84. The Kier molecular flexibility index (Phi) is 3.20. The van der Waals surface area contributed by atoms with E-state index >= 15 is 0 Å². The normalized spacial score (nSPS) is 11.5. The summed E-state index contributed by atoms with van der Waals surface area (Å²) in [5.74, 6) is 1.01. The van der Waals surface area contributed by atoms with Crippen LogP contribution in [0.25, 0.3) is 0 Å². The average Bonchev–Trinajstić information content (AvgIpc) is 2.07. The second kappa shape index (κ2) is 4.04. The van der Waals surface area contributed by atoms with Crippen LogP contribution in [-0.2, 0) is 5.41 Å². The van der Waals surface area contributed by atoms with E-state index in [4.69, 9.17) is 4.74 Å². The van der Waals surface area contributed by atoms with E-state index in [0.29, 0.717) is 0 Å². The molecule has 1 heteroatoms. The van der Waals surface area contributed by atoms with E-state index in [1.165, 1.54) is 11.1 Å². The molecule has 0 saturated carbocycles. The van der Waals surface area contributed by atoms with Crippen LogP contribution in [-0.4, -0.2) is 6.61 Å². The highest BCUT2D eigenvalue weighted by Crippen LogP contribution is 2.30. The molecule has 0 spiro atoms. The van der Waals surface area contributed by atoms with Crippen molar-refractivity contribution < 1.29 is 4.74 Å². The van der Waals surface area contributed by atoms with Crippen molar-refractivity contribution in [2.24, 2.45) is 0 Å². The summed E-state index contributed by atoms with van der Waals surface area (Å²) in [6, 6.07) is 6.28. The Balaban J connectivity index is 3.14. The molecular formula is C13H20O. The van der Waals surface area contributed by atoms with E-state index in [0.717, 1.165) is 12.4 Å². The molecule has 1 nitrogen and oxygen atoms in total. The first-order valence-corrected chi connectivity index (χ1v) is 5.19. The van der Waals surface area contributed by atoms with Gasteiger partial charge < -0.3 is 4.74 Å². The first-order chi connectivity index (χ1) is 6.46. The molecule has 1 rings (SSSR count). The molecule has 0 aromatic heterocycles. The molecule has 0 aliphatic carbocycles. The molecule has 0 heterocycles. The van der Waals surface area contributed by atoms with Gasteiger partial charge in [0.15, 0.2) is 0 Å². The molecular weight excluding hydrogens is 172 g/mol. The monoisotopic (exact) mass is 192 g/mol. The highest BCUT2D eigenvalue weighted by atomic mass is 16.5. The molecule has 0 aliphatic rings. The van der Waals surface area contributed by atoms with Gasteiger partial charge in [0.05, 0.1) is 6.61 Å². The summed E-state index contributed by atoms with van der Waals surface area (Å²) in [5.41, 5.74) is 2.82. The predicted octanol–water partition coefficient (Wildman–Crippen LogP) is 3.69. The molecule has 0 amide bonds. The maximum Gasteiger partial charge on any atom is 0.122 e. The van der Waals surface area contributed by atoms with E-state index in [2.05, 4.69) is 39.8 Å². The Morgan fingerprint density at radius 3 is 2.36 bits per heavy atom. The zero-order valence-electron chi connectivity index (χ0n) is 9.85. The first kappa shape index (κ1) is 11.1. The topological polar surface area (TPSA) is 9.23 Å². The summed E-state index contributed by atoms with van der Waals surface area (Å²) < 4.78 is 5.57. The molecule has 14 heavy (non-hydrogen) atoms. The zero-order valence-corrected chi connectivity index (χ0v) is 9.85. The molecule has 0 N–H and O–H groups in total. The van der Waals surface area contributed by atoms with Crippen molar-refractivity contribution in [3.05, 3.63) is 29.3 Å². The van der Waals surface area contributed by atoms with Crippen LogP contribution in [0.1, 0.15) is 38.8 Å². The van der Waals surface area contributed by atoms with E-state index in [1.807, 2.05) is 13.0 Å². The van der Waals surface area contributed by atoms with Gasteiger partial charge in [0.2, 0.25) is 0 Å². The molecule has 0 atom stereocenters. The fourth-order valence-electron chi connectivity index (χ4n) is 1.74. The second-order valence-corrected chi connectivity index (χ2v) is 4.61. The Bertz CT molecular complexity index is 308. The van der Waals surface area contributed by atoms with Crippen molar-refractivity contribution in [3.63, 3.8) is 0 Å². The lowest BCUT2D eigenvalue weighted by molar-refractivity contribution is 0.336. The van der Waals surface area contributed by atoms with Crippen LogP contribution in [0.4, 0.5) is 0 Å². The van der Waals surface area contributed by atoms with Crippen LogP contribution in [0.2, 0.25) is 0 Å². The fourth-order valence-corrected chi connectivity index (χ4v) is 1.74. The van der Waals surface area contributed by atoms with Crippen LogP contribution in [0.3, 0.4) is 0 Å². The van der Waals surface area contributed by atoms with Crippen LogP contribution >= 0.6 is 0 Å². The second-order valence-electron chi connectivity index (χ2n) is 4.61. The third-order valence-electron chi connectivity index (χ3n) is 2.39. The molecule has 0 fully saturated rings. The molecule has 1 aromatic rings. The number of rotatable bonds is 2. The minimum atomic E-state index is 0.192. The summed E-state index contributed by atoms with van der Waals surface area (Å²) in [6.07, 6.45) is 0. The summed E-state index contributed by atoms with van der Waals surface area (Å²) in [6.45, 7) is 11.6. The van der Waals surface area contributed by atoms with Crippen molar-refractivity contribution in [1.29, 1.82) is 0 Å². The van der Waals surface area contributed by atoms with Gasteiger partial charge in [-0.25, -0.2) is 0 Å². The summed E-state index contributed by atoms with van der Waals surface area (Å²) >= 11 is 0. The lowest BCUT2D eigenvalue weighted by Gasteiger charge is -2.23. The summed E-state index contributed by atoms with van der Waals surface area (Å²) in [4.78, 5) is 0. The Morgan fingerprint density at radius 2 is 1.86 bits per heavy atom. The van der Waals surface area contributed by atoms with Gasteiger partial charge in [-0.1, -0.05) is 32.9 Å². The fraction of sp³-hybridized carbons (Fsp3) is 0.538. The van der Waals surface area contributed by atoms with Crippen molar-refractivity contribution in [3.8, 4) is 5.75 Å². The molecule has 0 bridgehead atoms. The van der Waals surface area contributed by atoms with Crippen molar-refractivity contribution in [2.75, 3.05) is 6.61 Å². The maximum absolute atomic E-state index is 5.57. The third-order valence-corrected chi connectivity index (χ3v) is 2.39. The molecule has 1 aromatic carbocycles. The number of benzene rings is 1. The molecule has 0 aliphatic heterocycles. The van der Waals surface area contributed by atoms with Gasteiger partial charge in [-0.15, -0.1) is 0 Å². The highest BCUT2D eigenvalue weighted by Gasteiger charge is 2.17. The Hall–Kier alpha value is -0.980. The number of hydrogen-bond acceptors (Lipinski definition) is 1. The van der Waals surface area contributed by atoms with Gasteiger partial charge in [-0.05, 0) is 36.5 Å². The van der Waals surface area contributed by atoms with Gasteiger partial charge in [0.1, 0.15) is 5.75 Å². The number of ether oxygens (including phenoxy) is 1. The molecule has 0 unspecified atom stereocenters. The van der Waals surface area contributed by atoms with Crippen LogP contribution in [0.15, 0.2) is 18.2 Å². The molecule has 78 valence electrons. The van der Waals surface area contributed by atoms with Crippen molar-refractivity contribution in [1.82, 2.24) is 0 Å². The van der Waals surface area contributed by atoms with Gasteiger partial charge in [-0.2, -0.15) is 0 Å². The average molecular weight is 192 g/mol. The van der Waals surface area contributed by atoms with Gasteiger partial charge in [0, 0.05) is 0 Å². The number of hydrogen-bond donors (Lipinski definition) is 0. The largest absolute Gasteiger partial charge is 0.494 e. The predicted molar refractivity (Wildman–Crippen MR) is 61.0 cm³/mol. The minimum Gasteiger partial charge on any atom is -0.494 e. The summed E-state index contributed by atoms with van der Waals surface area (Å²) in [5, 5.41) is 0. The lowest BCUT2D eigenvalue weighted by Crippen LogP contribution is -2.13. The van der Waals surface area contributed by atoms with Crippen LogP contribution < -0.4 is 4.74 Å². The third kappa shape index (κ3) is 2.28. The van der Waals surface area contributed by atoms with Gasteiger partial charge in [-0.3, -0.25) is 0 Å².